The smallest absolute Gasteiger partial charge is 0.228 e. The molecule has 1 aliphatic rings. The van der Waals surface area contributed by atoms with Crippen molar-refractivity contribution in [3.63, 3.8) is 0 Å². The Balaban J connectivity index is 1.82. The molecule has 5 nitrogen and oxygen atoms in total. The van der Waals surface area contributed by atoms with E-state index < -0.39 is 0 Å². The highest BCUT2D eigenvalue weighted by Crippen LogP contribution is 2.29. The number of benzene rings is 2. The van der Waals surface area contributed by atoms with Crippen LogP contribution < -0.4 is 21.3 Å². The molecule has 0 saturated carbocycles. The van der Waals surface area contributed by atoms with Crippen LogP contribution in [0.15, 0.2) is 48.5 Å². The number of nitrogens with one attached hydrogen (secondary N) is 2. The van der Waals surface area contributed by atoms with Crippen molar-refractivity contribution in [3.05, 3.63) is 54.1 Å². The van der Waals surface area contributed by atoms with Crippen molar-refractivity contribution in [1.82, 2.24) is 10.6 Å². The van der Waals surface area contributed by atoms with Gasteiger partial charge < -0.3 is 21.3 Å². The Morgan fingerprint density at radius 2 is 1.82 bits per heavy atom. The minimum absolute atomic E-state index is 0.00223. The first-order valence-corrected chi connectivity index (χ1v) is 10.2. The van der Waals surface area contributed by atoms with E-state index in [-0.39, 0.29) is 18.5 Å². The molecule has 1 heterocycles. The molecule has 2 aromatic rings. The first-order valence-electron chi connectivity index (χ1n) is 10.2. The molecule has 1 amide bonds. The van der Waals surface area contributed by atoms with E-state index in [2.05, 4.69) is 65.8 Å². The lowest BCUT2D eigenvalue weighted by Gasteiger charge is -2.29. The molecule has 0 spiro atoms. The number of hydrogen-bond acceptors (Lipinski definition) is 4. The number of rotatable bonds is 7. The summed E-state index contributed by atoms with van der Waals surface area (Å²) in [5, 5.41) is 6.17. The zero-order valence-electron chi connectivity index (χ0n) is 16.9. The van der Waals surface area contributed by atoms with Gasteiger partial charge in [-0.3, -0.25) is 4.79 Å². The molecule has 0 radical (unpaired) electrons. The number of carbonyl (C=O) groups is 1. The summed E-state index contributed by atoms with van der Waals surface area (Å²) in [6, 6.07) is 17.1. The first-order chi connectivity index (χ1) is 13.6. The van der Waals surface area contributed by atoms with E-state index in [1.165, 1.54) is 11.3 Å². The van der Waals surface area contributed by atoms with Crippen molar-refractivity contribution in [1.29, 1.82) is 0 Å². The van der Waals surface area contributed by atoms with Crippen molar-refractivity contribution >= 4 is 11.6 Å². The number of anilines is 1. The van der Waals surface area contributed by atoms with Crippen LogP contribution in [0.4, 0.5) is 5.69 Å². The summed E-state index contributed by atoms with van der Waals surface area (Å²) in [5.74, 6) is 0.251. The van der Waals surface area contributed by atoms with E-state index in [1.54, 1.807) is 0 Å². The number of amides is 1. The maximum Gasteiger partial charge on any atom is 0.228 e. The third-order valence-corrected chi connectivity index (χ3v) is 5.27. The molecule has 0 aromatic heterocycles. The van der Waals surface area contributed by atoms with Crippen LogP contribution in [0.2, 0.25) is 0 Å². The predicted molar refractivity (Wildman–Crippen MR) is 116 cm³/mol. The molecule has 3 rings (SSSR count). The summed E-state index contributed by atoms with van der Waals surface area (Å²) in [4.78, 5) is 15.0. The van der Waals surface area contributed by atoms with Gasteiger partial charge in [0.15, 0.2) is 0 Å². The van der Waals surface area contributed by atoms with Gasteiger partial charge in [-0.1, -0.05) is 50.2 Å². The third-order valence-electron chi connectivity index (χ3n) is 5.27. The summed E-state index contributed by atoms with van der Waals surface area (Å²) in [6.45, 7) is 8.60. The molecule has 1 saturated heterocycles. The van der Waals surface area contributed by atoms with Gasteiger partial charge in [0.05, 0.1) is 12.6 Å². The van der Waals surface area contributed by atoms with Gasteiger partial charge in [-0.25, -0.2) is 0 Å². The van der Waals surface area contributed by atoms with Crippen LogP contribution in [-0.2, 0) is 4.79 Å². The molecule has 1 unspecified atom stereocenters. The SMILES string of the molecule is CC(C)CC(C(=O)NCN)c1cccc(-c2ccc(N3CCNCC3)cc2)c1. The van der Waals surface area contributed by atoms with Gasteiger partial charge in [-0.15, -0.1) is 0 Å². The van der Waals surface area contributed by atoms with Crippen LogP contribution in [0, 0.1) is 5.92 Å². The molecule has 1 aliphatic heterocycles. The van der Waals surface area contributed by atoms with Gasteiger partial charge in [-0.2, -0.15) is 0 Å². The number of nitrogens with two attached hydrogens (primary N) is 1. The molecule has 0 aliphatic carbocycles. The van der Waals surface area contributed by atoms with Crippen LogP contribution in [0.5, 0.6) is 0 Å². The summed E-state index contributed by atoms with van der Waals surface area (Å²) in [7, 11) is 0. The Hall–Kier alpha value is -2.37. The molecule has 1 atom stereocenters. The van der Waals surface area contributed by atoms with Crippen molar-refractivity contribution in [3.8, 4) is 11.1 Å². The monoisotopic (exact) mass is 380 g/mol. The van der Waals surface area contributed by atoms with Crippen LogP contribution in [0.1, 0.15) is 31.7 Å². The Kier molecular flexibility index (Phi) is 7.06. The van der Waals surface area contributed by atoms with E-state index in [4.69, 9.17) is 5.73 Å². The van der Waals surface area contributed by atoms with Crippen molar-refractivity contribution < 1.29 is 4.79 Å². The number of carbonyl (C=O) groups excluding carboxylic acids is 1. The fourth-order valence-corrected chi connectivity index (χ4v) is 3.81. The Morgan fingerprint density at radius 3 is 2.46 bits per heavy atom. The maximum absolute atomic E-state index is 12.5. The predicted octanol–water partition coefficient (Wildman–Crippen LogP) is 2.93. The lowest BCUT2D eigenvalue weighted by atomic mass is 9.88. The first kappa shape index (κ1) is 20.4. The maximum atomic E-state index is 12.5. The summed E-state index contributed by atoms with van der Waals surface area (Å²) in [6.07, 6.45) is 0.803. The van der Waals surface area contributed by atoms with Crippen LogP contribution in [0.3, 0.4) is 0 Å². The molecular weight excluding hydrogens is 348 g/mol. The molecule has 2 aromatic carbocycles. The molecule has 4 N–H and O–H groups in total. The number of nitrogens with zero attached hydrogens (tertiary/aromatic N) is 1. The molecule has 28 heavy (non-hydrogen) atoms. The van der Waals surface area contributed by atoms with Gasteiger partial charge in [-0.05, 0) is 41.2 Å². The highest BCUT2D eigenvalue weighted by molar-refractivity contribution is 5.84. The lowest BCUT2D eigenvalue weighted by Crippen LogP contribution is -2.43. The molecule has 150 valence electrons. The fourth-order valence-electron chi connectivity index (χ4n) is 3.81. The molecule has 1 fully saturated rings. The lowest BCUT2D eigenvalue weighted by molar-refractivity contribution is -0.122. The standard InChI is InChI=1S/C23H32N4O/c1-17(2)14-22(23(28)26-16-24)20-5-3-4-19(15-20)18-6-8-21(9-7-18)27-12-10-25-11-13-27/h3-9,15,17,22,25H,10-14,16,24H2,1-2H3,(H,26,28). The van der Waals surface area contributed by atoms with Gasteiger partial charge >= 0.3 is 0 Å². The van der Waals surface area contributed by atoms with Gasteiger partial charge in [0.2, 0.25) is 5.91 Å². The quantitative estimate of drug-likeness (QED) is 0.646. The average molecular weight is 381 g/mol. The second-order valence-corrected chi connectivity index (χ2v) is 7.84. The topological polar surface area (TPSA) is 70.4 Å². The van der Waals surface area contributed by atoms with E-state index >= 15 is 0 Å². The number of piperazine rings is 1. The van der Waals surface area contributed by atoms with E-state index in [1.807, 2.05) is 12.1 Å². The zero-order valence-corrected chi connectivity index (χ0v) is 16.9. The van der Waals surface area contributed by atoms with E-state index in [0.29, 0.717) is 5.92 Å². The van der Waals surface area contributed by atoms with Crippen LogP contribution in [0.25, 0.3) is 11.1 Å². The van der Waals surface area contributed by atoms with Crippen molar-refractivity contribution in [2.24, 2.45) is 11.7 Å². The Morgan fingerprint density at radius 1 is 1.11 bits per heavy atom. The van der Waals surface area contributed by atoms with Gasteiger partial charge in [0, 0.05) is 31.9 Å². The normalized spacial score (nSPS) is 15.5. The van der Waals surface area contributed by atoms with Gasteiger partial charge in [0.25, 0.3) is 0 Å². The van der Waals surface area contributed by atoms with Crippen molar-refractivity contribution in [2.75, 3.05) is 37.7 Å². The zero-order chi connectivity index (χ0) is 19.9. The summed E-state index contributed by atoms with van der Waals surface area (Å²) < 4.78 is 0. The largest absolute Gasteiger partial charge is 0.369 e. The minimum atomic E-state index is -0.177. The van der Waals surface area contributed by atoms with E-state index in [0.717, 1.165) is 43.7 Å². The number of hydrogen-bond donors (Lipinski definition) is 3. The third kappa shape index (κ3) is 5.12. The fraction of sp³-hybridized carbons (Fsp3) is 0.435. The molecule has 0 bridgehead atoms. The van der Waals surface area contributed by atoms with Crippen LogP contribution in [-0.4, -0.2) is 38.8 Å². The molecular formula is C23H32N4O. The Labute approximate surface area is 168 Å². The van der Waals surface area contributed by atoms with E-state index in [9.17, 15) is 4.79 Å². The highest BCUT2D eigenvalue weighted by atomic mass is 16.1. The van der Waals surface area contributed by atoms with Crippen LogP contribution >= 0.6 is 0 Å². The summed E-state index contributed by atoms with van der Waals surface area (Å²) >= 11 is 0. The average Bonchev–Trinajstić information content (AvgIpc) is 2.73. The van der Waals surface area contributed by atoms with Gasteiger partial charge in [0.1, 0.15) is 0 Å². The Bertz CT molecular complexity index is 766. The minimum Gasteiger partial charge on any atom is -0.369 e. The molecule has 5 heteroatoms. The summed E-state index contributed by atoms with van der Waals surface area (Å²) in [5.41, 5.74) is 10.2. The second-order valence-electron chi connectivity index (χ2n) is 7.84. The second kappa shape index (κ2) is 9.71. The highest BCUT2D eigenvalue weighted by Gasteiger charge is 2.21. The van der Waals surface area contributed by atoms with Crippen molar-refractivity contribution in [2.45, 2.75) is 26.2 Å².